The molecule has 0 bridgehead atoms. The Bertz CT molecular complexity index is 531. The second-order valence-corrected chi connectivity index (χ2v) is 5.75. The van der Waals surface area contributed by atoms with Crippen molar-refractivity contribution in [2.45, 2.75) is 18.7 Å². The molecule has 9 heteroatoms. The summed E-state index contributed by atoms with van der Waals surface area (Å²) in [6.07, 6.45) is 0. The van der Waals surface area contributed by atoms with Gasteiger partial charge in [0, 0.05) is 13.7 Å². The third-order valence-corrected chi connectivity index (χ3v) is 4.51. The van der Waals surface area contributed by atoms with Crippen LogP contribution in [0.15, 0.2) is 9.42 Å². The number of aliphatic carboxylic acids is 1. The molecule has 1 aromatic heterocycles. The maximum Gasteiger partial charge on any atom is 0.318 e. The second-order valence-electron chi connectivity index (χ2n) is 3.88. The smallest absolute Gasteiger partial charge is 0.318 e. The highest BCUT2D eigenvalue weighted by Gasteiger charge is 2.32. The predicted octanol–water partition coefficient (Wildman–Crippen LogP) is 0.0131. The van der Waals surface area contributed by atoms with Crippen LogP contribution in [0.3, 0.4) is 0 Å². The first kappa shape index (κ1) is 15.6. The molecule has 0 amide bonds. The molecule has 1 aromatic rings. The average molecular weight is 292 g/mol. The fourth-order valence-electron chi connectivity index (χ4n) is 1.60. The summed E-state index contributed by atoms with van der Waals surface area (Å²) >= 11 is 0. The van der Waals surface area contributed by atoms with Gasteiger partial charge in [-0.1, -0.05) is 5.16 Å². The Hall–Kier alpha value is -1.45. The molecule has 0 radical (unpaired) electrons. The quantitative estimate of drug-likeness (QED) is 0.753. The molecule has 1 rings (SSSR count). The second kappa shape index (κ2) is 6.13. The third kappa shape index (κ3) is 3.52. The highest BCUT2D eigenvalue weighted by Crippen LogP contribution is 2.22. The van der Waals surface area contributed by atoms with E-state index in [-0.39, 0.29) is 29.5 Å². The van der Waals surface area contributed by atoms with E-state index in [1.807, 2.05) is 0 Å². The summed E-state index contributed by atoms with van der Waals surface area (Å²) in [7, 11) is -2.57. The zero-order valence-electron chi connectivity index (χ0n) is 10.9. The molecule has 0 unspecified atom stereocenters. The van der Waals surface area contributed by atoms with E-state index in [0.29, 0.717) is 0 Å². The molecular formula is C10H16N2O6S. The molecule has 19 heavy (non-hydrogen) atoms. The summed E-state index contributed by atoms with van der Waals surface area (Å²) in [6.45, 7) is 2.33. The lowest BCUT2D eigenvalue weighted by Crippen LogP contribution is -2.38. The van der Waals surface area contributed by atoms with E-state index in [9.17, 15) is 13.2 Å². The van der Waals surface area contributed by atoms with Gasteiger partial charge in [-0.25, -0.2) is 8.42 Å². The summed E-state index contributed by atoms with van der Waals surface area (Å²) in [6, 6.07) is 0. The van der Waals surface area contributed by atoms with Crippen molar-refractivity contribution >= 4 is 16.0 Å². The van der Waals surface area contributed by atoms with Crippen molar-refractivity contribution in [3.63, 3.8) is 0 Å². The summed E-state index contributed by atoms with van der Waals surface area (Å²) in [5.74, 6) is -1.11. The normalized spacial score (nSPS) is 12.0. The van der Waals surface area contributed by atoms with Gasteiger partial charge in [0.2, 0.25) is 10.0 Å². The van der Waals surface area contributed by atoms with Gasteiger partial charge in [0.05, 0.1) is 6.61 Å². The minimum absolute atomic E-state index is 0.0603. The van der Waals surface area contributed by atoms with Crippen LogP contribution in [-0.2, 0) is 19.6 Å². The van der Waals surface area contributed by atoms with E-state index < -0.39 is 22.5 Å². The Morgan fingerprint density at radius 3 is 2.53 bits per heavy atom. The maximum absolute atomic E-state index is 12.4. The minimum Gasteiger partial charge on any atom is -0.480 e. The topological polar surface area (TPSA) is 110 Å². The van der Waals surface area contributed by atoms with Crippen molar-refractivity contribution in [3.05, 3.63) is 11.5 Å². The molecule has 108 valence electrons. The fraction of sp³-hybridized carbons (Fsp3) is 0.600. The van der Waals surface area contributed by atoms with Crippen LogP contribution in [0.1, 0.15) is 11.5 Å². The molecule has 0 aliphatic heterocycles. The van der Waals surface area contributed by atoms with Gasteiger partial charge >= 0.3 is 5.97 Å². The van der Waals surface area contributed by atoms with Crippen LogP contribution in [-0.4, -0.2) is 55.8 Å². The molecule has 0 aliphatic rings. The molecule has 0 spiro atoms. The number of carboxylic acids is 1. The average Bonchev–Trinajstić information content (AvgIpc) is 2.64. The van der Waals surface area contributed by atoms with Crippen LogP contribution in [0.25, 0.3) is 0 Å². The van der Waals surface area contributed by atoms with Crippen LogP contribution >= 0.6 is 0 Å². The number of rotatable bonds is 7. The first-order chi connectivity index (χ1) is 8.80. The van der Waals surface area contributed by atoms with Gasteiger partial charge in [-0.2, -0.15) is 4.31 Å². The van der Waals surface area contributed by atoms with Crippen molar-refractivity contribution in [3.8, 4) is 0 Å². The minimum atomic E-state index is -3.97. The van der Waals surface area contributed by atoms with Crippen LogP contribution in [0.5, 0.6) is 0 Å². The van der Waals surface area contributed by atoms with Crippen LogP contribution in [0.4, 0.5) is 0 Å². The van der Waals surface area contributed by atoms with E-state index >= 15 is 0 Å². The van der Waals surface area contributed by atoms with Gasteiger partial charge in [-0.05, 0) is 13.8 Å². The van der Waals surface area contributed by atoms with E-state index in [1.54, 1.807) is 0 Å². The van der Waals surface area contributed by atoms with Crippen molar-refractivity contribution in [1.82, 2.24) is 9.46 Å². The van der Waals surface area contributed by atoms with Crippen molar-refractivity contribution in [1.29, 1.82) is 0 Å². The number of carbonyl (C=O) groups is 1. The van der Waals surface area contributed by atoms with Gasteiger partial charge in [-0.15, -0.1) is 0 Å². The number of ether oxygens (including phenoxy) is 1. The number of nitrogens with zero attached hydrogens (tertiary/aromatic N) is 2. The van der Waals surface area contributed by atoms with Crippen molar-refractivity contribution < 1.29 is 27.6 Å². The number of aromatic nitrogens is 1. The SMILES string of the molecule is COCCN(CC(=O)O)S(=O)(=O)c1c(C)noc1C. The monoisotopic (exact) mass is 292 g/mol. The zero-order valence-corrected chi connectivity index (χ0v) is 11.7. The molecule has 1 heterocycles. The molecule has 8 nitrogen and oxygen atoms in total. The van der Waals surface area contributed by atoms with E-state index in [1.165, 1.54) is 21.0 Å². The van der Waals surface area contributed by atoms with Gasteiger partial charge in [0.15, 0.2) is 5.76 Å². The zero-order chi connectivity index (χ0) is 14.6. The van der Waals surface area contributed by atoms with Crippen molar-refractivity contribution in [2.75, 3.05) is 26.8 Å². The van der Waals surface area contributed by atoms with Crippen LogP contribution < -0.4 is 0 Å². The largest absolute Gasteiger partial charge is 0.480 e. The molecule has 1 N–H and O–H groups in total. The molecular weight excluding hydrogens is 276 g/mol. The Kier molecular flexibility index (Phi) is 5.04. The van der Waals surface area contributed by atoms with Gasteiger partial charge in [0.25, 0.3) is 0 Å². The van der Waals surface area contributed by atoms with E-state index in [0.717, 1.165) is 4.31 Å². The lowest BCUT2D eigenvalue weighted by molar-refractivity contribution is -0.137. The highest BCUT2D eigenvalue weighted by atomic mass is 32.2. The van der Waals surface area contributed by atoms with Gasteiger partial charge < -0.3 is 14.4 Å². The standard InChI is InChI=1S/C10H16N2O6S/c1-7-10(8(2)18-11-7)19(15,16)12(4-5-17-3)6-9(13)14/h4-6H2,1-3H3,(H,13,14). The van der Waals surface area contributed by atoms with E-state index in [2.05, 4.69) is 5.16 Å². The maximum atomic E-state index is 12.4. The number of aryl methyl sites for hydroxylation is 2. The molecule has 0 aromatic carbocycles. The fourth-order valence-corrected chi connectivity index (χ4v) is 3.26. The Morgan fingerprint density at radius 1 is 1.47 bits per heavy atom. The van der Waals surface area contributed by atoms with Crippen LogP contribution in [0, 0.1) is 13.8 Å². The lowest BCUT2D eigenvalue weighted by Gasteiger charge is -2.19. The number of hydrogen-bond acceptors (Lipinski definition) is 6. The first-order valence-corrected chi connectivity index (χ1v) is 6.88. The summed E-state index contributed by atoms with van der Waals surface area (Å²) < 4.78 is 35.2. The number of hydrogen-bond donors (Lipinski definition) is 1. The molecule has 0 aliphatic carbocycles. The molecule has 0 atom stereocenters. The van der Waals surface area contributed by atoms with Gasteiger partial charge in [0.1, 0.15) is 17.1 Å². The van der Waals surface area contributed by atoms with Crippen molar-refractivity contribution in [2.24, 2.45) is 0 Å². The molecule has 0 fully saturated rings. The number of methoxy groups -OCH3 is 1. The summed E-state index contributed by atoms with van der Waals surface area (Å²) in [5, 5.41) is 12.4. The summed E-state index contributed by atoms with van der Waals surface area (Å²) in [5.41, 5.74) is 0.199. The Labute approximate surface area is 111 Å². The molecule has 0 saturated heterocycles. The van der Waals surface area contributed by atoms with Gasteiger partial charge in [-0.3, -0.25) is 4.79 Å². The predicted molar refractivity (Wildman–Crippen MR) is 64.2 cm³/mol. The van der Waals surface area contributed by atoms with Crippen LogP contribution in [0.2, 0.25) is 0 Å². The summed E-state index contributed by atoms with van der Waals surface area (Å²) in [4.78, 5) is 10.7. The number of sulfonamides is 1. The Balaban J connectivity index is 3.15. The highest BCUT2D eigenvalue weighted by molar-refractivity contribution is 7.89. The Morgan fingerprint density at radius 2 is 2.11 bits per heavy atom. The first-order valence-electron chi connectivity index (χ1n) is 5.44. The number of carboxylic acid groups (broad SMARTS) is 1. The third-order valence-electron chi connectivity index (χ3n) is 2.42. The lowest BCUT2D eigenvalue weighted by atomic mass is 10.4. The molecule has 0 saturated carbocycles. The van der Waals surface area contributed by atoms with E-state index in [4.69, 9.17) is 14.4 Å².